The number of aromatic nitrogens is 2. The van der Waals surface area contributed by atoms with Gasteiger partial charge in [0.25, 0.3) is 11.2 Å². The molecular formula is C25H30N4O6. The highest BCUT2D eigenvalue weighted by molar-refractivity contribution is 5.87. The maximum absolute atomic E-state index is 13.0. The average molecular weight is 483 g/mol. The van der Waals surface area contributed by atoms with Crippen LogP contribution in [0.2, 0.25) is 0 Å². The van der Waals surface area contributed by atoms with Gasteiger partial charge in [0.2, 0.25) is 0 Å². The maximum atomic E-state index is 13.0. The second kappa shape index (κ2) is 10.0. The first-order valence-electron chi connectivity index (χ1n) is 11.5. The molecule has 1 atom stereocenters. The van der Waals surface area contributed by atoms with Gasteiger partial charge in [-0.1, -0.05) is 32.9 Å². The summed E-state index contributed by atoms with van der Waals surface area (Å²) in [7, 11) is 0. The van der Waals surface area contributed by atoms with Crippen LogP contribution in [0.1, 0.15) is 26.3 Å². The number of fused-ring (bicyclic) bond motifs is 1. The molecule has 2 heterocycles. The molecular weight excluding hydrogens is 452 g/mol. The van der Waals surface area contributed by atoms with E-state index in [1.807, 2.05) is 29.2 Å². The Hall–Kier alpha value is -3.50. The zero-order valence-corrected chi connectivity index (χ0v) is 20.1. The number of rotatable bonds is 7. The number of aliphatic hydroxyl groups excluding tert-OH is 1. The smallest absolute Gasteiger partial charge is 0.293 e. The molecule has 4 rings (SSSR count). The largest absolute Gasteiger partial charge is 0.491 e. The van der Waals surface area contributed by atoms with Crippen LogP contribution in [-0.4, -0.2) is 58.6 Å². The van der Waals surface area contributed by atoms with Crippen molar-refractivity contribution in [1.82, 2.24) is 9.55 Å². The summed E-state index contributed by atoms with van der Waals surface area (Å²) in [6.07, 6.45) is 0.373. The molecule has 186 valence electrons. The van der Waals surface area contributed by atoms with Crippen LogP contribution in [0.3, 0.4) is 0 Å². The number of benzene rings is 2. The minimum atomic E-state index is -0.975. The quantitative estimate of drug-likeness (QED) is 0.403. The lowest BCUT2D eigenvalue weighted by Gasteiger charge is -2.28. The highest BCUT2D eigenvalue weighted by atomic mass is 16.6. The number of nitro benzene ring substituents is 1. The van der Waals surface area contributed by atoms with Crippen molar-refractivity contribution in [2.45, 2.75) is 38.8 Å². The fourth-order valence-corrected chi connectivity index (χ4v) is 4.04. The number of anilines is 1. The predicted octanol–water partition coefficient (Wildman–Crippen LogP) is 2.88. The van der Waals surface area contributed by atoms with Gasteiger partial charge in [-0.05, 0) is 29.2 Å². The molecule has 0 bridgehead atoms. The van der Waals surface area contributed by atoms with Crippen LogP contribution >= 0.6 is 0 Å². The van der Waals surface area contributed by atoms with Crippen molar-refractivity contribution >= 4 is 22.3 Å². The van der Waals surface area contributed by atoms with Crippen LogP contribution in [0.15, 0.2) is 47.5 Å². The molecule has 1 fully saturated rings. The maximum Gasteiger partial charge on any atom is 0.293 e. The van der Waals surface area contributed by atoms with E-state index in [9.17, 15) is 20.0 Å². The van der Waals surface area contributed by atoms with Gasteiger partial charge in [-0.25, -0.2) is 4.98 Å². The first-order chi connectivity index (χ1) is 16.6. The molecule has 1 N–H and O–H groups in total. The average Bonchev–Trinajstić information content (AvgIpc) is 2.84. The standard InChI is InChI=1S/C25H30N4O6/c1-25(2,3)17-4-6-19(7-5-17)35-15-18(30)14-28-16-26-21-13-22(27-8-10-34-11-9-27)23(29(32)33)12-20(21)24(28)31/h4-7,12-13,16,18,30H,8-11,14-15H2,1-3H3. The number of hydrogen-bond acceptors (Lipinski definition) is 8. The van der Waals surface area contributed by atoms with Crippen molar-refractivity contribution < 1.29 is 19.5 Å². The minimum absolute atomic E-state index is 0.0184. The Labute approximate surface area is 202 Å². The topological polar surface area (TPSA) is 120 Å². The van der Waals surface area contributed by atoms with Gasteiger partial charge in [0, 0.05) is 19.2 Å². The van der Waals surface area contributed by atoms with Gasteiger partial charge in [-0.3, -0.25) is 19.5 Å². The Morgan fingerprint density at radius 1 is 1.20 bits per heavy atom. The number of nitro groups is 1. The number of aliphatic hydroxyl groups is 1. The van der Waals surface area contributed by atoms with Crippen molar-refractivity contribution in [1.29, 1.82) is 0 Å². The van der Waals surface area contributed by atoms with Crippen LogP contribution in [0.25, 0.3) is 10.9 Å². The first kappa shape index (κ1) is 24.6. The molecule has 1 unspecified atom stereocenters. The summed E-state index contributed by atoms with van der Waals surface area (Å²) < 4.78 is 12.3. The van der Waals surface area contributed by atoms with Crippen molar-refractivity contribution in [3.05, 3.63) is 68.8 Å². The van der Waals surface area contributed by atoms with Crippen LogP contribution < -0.4 is 15.2 Å². The van der Waals surface area contributed by atoms with Crippen molar-refractivity contribution in [3.63, 3.8) is 0 Å². The second-order valence-corrected chi connectivity index (χ2v) is 9.66. The van der Waals surface area contributed by atoms with Crippen molar-refractivity contribution in [2.75, 3.05) is 37.8 Å². The lowest BCUT2D eigenvalue weighted by Crippen LogP contribution is -2.36. The third kappa shape index (κ3) is 5.60. The molecule has 2 aromatic carbocycles. The summed E-state index contributed by atoms with van der Waals surface area (Å²) >= 11 is 0. The van der Waals surface area contributed by atoms with E-state index in [-0.39, 0.29) is 29.6 Å². The lowest BCUT2D eigenvalue weighted by atomic mass is 9.87. The van der Waals surface area contributed by atoms with Gasteiger partial charge in [0.1, 0.15) is 24.1 Å². The predicted molar refractivity (Wildman–Crippen MR) is 132 cm³/mol. The van der Waals surface area contributed by atoms with Crippen LogP contribution in [-0.2, 0) is 16.7 Å². The third-order valence-electron chi connectivity index (χ3n) is 6.04. The highest BCUT2D eigenvalue weighted by Gasteiger charge is 2.24. The SMILES string of the molecule is CC(C)(C)c1ccc(OCC(O)Cn2cnc3cc(N4CCOCC4)c([N+](=O)[O-])cc3c2=O)cc1. The van der Waals surface area contributed by atoms with E-state index in [0.29, 0.717) is 43.3 Å². The van der Waals surface area contributed by atoms with E-state index in [2.05, 4.69) is 25.8 Å². The number of morpholine rings is 1. The highest BCUT2D eigenvalue weighted by Crippen LogP contribution is 2.32. The lowest BCUT2D eigenvalue weighted by molar-refractivity contribution is -0.384. The molecule has 1 aromatic heterocycles. The summed E-state index contributed by atoms with van der Waals surface area (Å²) in [5, 5.41) is 22.3. The molecule has 1 aliphatic heterocycles. The molecule has 0 spiro atoms. The molecule has 10 nitrogen and oxygen atoms in total. The summed E-state index contributed by atoms with van der Waals surface area (Å²) in [6, 6.07) is 10.5. The fourth-order valence-electron chi connectivity index (χ4n) is 4.04. The molecule has 10 heteroatoms. The number of hydrogen-bond donors (Lipinski definition) is 1. The van der Waals surface area contributed by atoms with E-state index < -0.39 is 16.6 Å². The minimum Gasteiger partial charge on any atom is -0.491 e. The van der Waals surface area contributed by atoms with Crippen LogP contribution in [0, 0.1) is 10.1 Å². The molecule has 3 aromatic rings. The van der Waals surface area contributed by atoms with Crippen LogP contribution in [0.5, 0.6) is 5.75 Å². The van der Waals surface area contributed by atoms with Gasteiger partial charge >= 0.3 is 0 Å². The molecule has 0 amide bonds. The Bertz CT molecular complexity index is 1260. The summed E-state index contributed by atoms with van der Waals surface area (Å²) in [4.78, 5) is 30.5. The Kier molecular flexibility index (Phi) is 7.04. The molecule has 0 saturated carbocycles. The Morgan fingerprint density at radius 3 is 2.51 bits per heavy atom. The molecule has 0 radical (unpaired) electrons. The summed E-state index contributed by atoms with van der Waals surface area (Å²) in [5.74, 6) is 0.618. The summed E-state index contributed by atoms with van der Waals surface area (Å²) in [5.41, 5.74) is 1.37. The molecule has 35 heavy (non-hydrogen) atoms. The van der Waals surface area contributed by atoms with Gasteiger partial charge < -0.3 is 19.5 Å². The number of ether oxygens (including phenoxy) is 2. The van der Waals surface area contributed by atoms with Gasteiger partial charge in [0.05, 0.1) is 41.9 Å². The Morgan fingerprint density at radius 2 is 1.89 bits per heavy atom. The van der Waals surface area contributed by atoms with E-state index in [1.165, 1.54) is 22.5 Å². The summed E-state index contributed by atoms with van der Waals surface area (Å²) in [6.45, 7) is 8.30. The monoisotopic (exact) mass is 482 g/mol. The Balaban J connectivity index is 1.50. The van der Waals surface area contributed by atoms with E-state index >= 15 is 0 Å². The van der Waals surface area contributed by atoms with Crippen molar-refractivity contribution in [2.24, 2.45) is 0 Å². The second-order valence-electron chi connectivity index (χ2n) is 9.66. The fraction of sp³-hybridized carbons (Fsp3) is 0.440. The number of nitrogens with zero attached hydrogens (tertiary/aromatic N) is 4. The van der Waals surface area contributed by atoms with E-state index in [0.717, 1.165) is 0 Å². The van der Waals surface area contributed by atoms with Gasteiger partial charge in [-0.2, -0.15) is 0 Å². The molecule has 1 aliphatic rings. The molecule has 0 aliphatic carbocycles. The van der Waals surface area contributed by atoms with Crippen molar-refractivity contribution in [3.8, 4) is 5.75 Å². The normalized spacial score (nSPS) is 15.3. The zero-order chi connectivity index (χ0) is 25.2. The zero-order valence-electron chi connectivity index (χ0n) is 20.1. The van der Waals surface area contributed by atoms with E-state index in [4.69, 9.17) is 9.47 Å². The van der Waals surface area contributed by atoms with Gasteiger partial charge in [-0.15, -0.1) is 0 Å². The third-order valence-corrected chi connectivity index (χ3v) is 6.04. The first-order valence-corrected chi connectivity index (χ1v) is 11.5. The van der Waals surface area contributed by atoms with Gasteiger partial charge in [0.15, 0.2) is 0 Å². The molecule has 1 saturated heterocycles. The van der Waals surface area contributed by atoms with Crippen LogP contribution in [0.4, 0.5) is 11.4 Å². The van der Waals surface area contributed by atoms with E-state index in [1.54, 1.807) is 6.07 Å².